The molecule has 0 aliphatic heterocycles. The maximum atomic E-state index is 11.5. The second kappa shape index (κ2) is 6.02. The highest BCUT2D eigenvalue weighted by molar-refractivity contribution is 7.87. The third kappa shape index (κ3) is 4.57. The Morgan fingerprint density at radius 2 is 1.50 bits per heavy atom. The molecule has 0 unspecified atom stereocenters. The van der Waals surface area contributed by atoms with Gasteiger partial charge in [0.25, 0.3) is 10.1 Å². The van der Waals surface area contributed by atoms with Crippen LogP contribution in [0.2, 0.25) is 0 Å². The predicted molar refractivity (Wildman–Crippen MR) is 67.9 cm³/mol. The van der Waals surface area contributed by atoms with E-state index in [0.29, 0.717) is 0 Å². The third-order valence-corrected chi connectivity index (χ3v) is 3.88. The van der Waals surface area contributed by atoms with Crippen molar-refractivity contribution in [2.24, 2.45) is 0 Å². The molecule has 1 rings (SSSR count). The first-order valence-corrected chi connectivity index (χ1v) is 7.15. The first-order valence-electron chi connectivity index (χ1n) is 4.30. The second-order valence-corrected chi connectivity index (χ2v) is 6.15. The first kappa shape index (κ1) is 17.4. The van der Waals surface area contributed by atoms with Gasteiger partial charge in [0.2, 0.25) is 0 Å². The molecule has 1 aromatic rings. The summed E-state index contributed by atoms with van der Waals surface area (Å²) >= 11 is 0. The van der Waals surface area contributed by atoms with Crippen LogP contribution in [0, 0.1) is 0 Å². The van der Waals surface area contributed by atoms with Gasteiger partial charge >= 0.3 is 33.2 Å². The van der Waals surface area contributed by atoms with E-state index in [9.17, 15) is 16.8 Å². The van der Waals surface area contributed by atoms with Gasteiger partial charge in [-0.2, -0.15) is 16.8 Å². The minimum absolute atomic E-state index is 0. The second-order valence-electron chi connectivity index (χ2n) is 3.19. The Bertz CT molecular complexity index is 630. The molecule has 0 saturated carbocycles. The van der Waals surface area contributed by atoms with Crippen molar-refractivity contribution >= 4 is 43.3 Å². The van der Waals surface area contributed by atoms with E-state index in [1.54, 1.807) is 0 Å². The lowest BCUT2D eigenvalue weighted by molar-refractivity contribution is 0.410. The molecule has 1 N–H and O–H groups in total. The molecule has 0 heterocycles. The number of hydrogen-bond acceptors (Lipinski definition) is 5. The van der Waals surface area contributed by atoms with Crippen LogP contribution < -0.4 is 0 Å². The van der Waals surface area contributed by atoms with E-state index in [-0.39, 0.29) is 33.7 Å². The summed E-state index contributed by atoms with van der Waals surface area (Å²) in [4.78, 5) is -0.625. The van der Waals surface area contributed by atoms with Gasteiger partial charge in [-0.3, -0.25) is 4.55 Å². The van der Waals surface area contributed by atoms with Crippen molar-refractivity contribution in [1.29, 1.82) is 0 Å². The summed E-state index contributed by atoms with van der Waals surface area (Å²) < 4.78 is 57.7. The standard InChI is InChI=1S/C9H10O6S2.Mg.2H/c1-7(2)15-17(13,14)9-5-3-8(4-6-9)16(10,11)12;;;/h3-6H,1H2,2H3,(H,10,11,12);;;. The van der Waals surface area contributed by atoms with Gasteiger partial charge in [0, 0.05) is 0 Å². The highest BCUT2D eigenvalue weighted by atomic mass is 32.2. The van der Waals surface area contributed by atoms with Crippen molar-refractivity contribution in [2.75, 3.05) is 0 Å². The Labute approximate surface area is 122 Å². The van der Waals surface area contributed by atoms with Gasteiger partial charge in [0.15, 0.2) is 0 Å². The van der Waals surface area contributed by atoms with Crippen LogP contribution in [-0.4, -0.2) is 44.4 Å². The summed E-state index contributed by atoms with van der Waals surface area (Å²) in [5, 5.41) is 0. The number of hydrogen-bond donors (Lipinski definition) is 1. The number of rotatable bonds is 4. The Hall–Kier alpha value is -0.614. The van der Waals surface area contributed by atoms with Crippen LogP contribution in [0.4, 0.5) is 0 Å². The molecule has 9 heteroatoms. The predicted octanol–water partition coefficient (Wildman–Crippen LogP) is 0.256. The Morgan fingerprint density at radius 1 is 1.11 bits per heavy atom. The van der Waals surface area contributed by atoms with Gasteiger partial charge in [-0.1, -0.05) is 6.58 Å². The van der Waals surface area contributed by atoms with Crippen LogP contribution in [-0.2, 0) is 24.4 Å². The fourth-order valence-corrected chi connectivity index (χ4v) is 2.43. The van der Waals surface area contributed by atoms with Gasteiger partial charge in [-0.25, -0.2) is 0 Å². The van der Waals surface area contributed by atoms with Crippen LogP contribution in [0.1, 0.15) is 6.92 Å². The van der Waals surface area contributed by atoms with Crippen molar-refractivity contribution in [3.05, 3.63) is 36.6 Å². The van der Waals surface area contributed by atoms with Gasteiger partial charge in [-0.05, 0) is 31.2 Å². The lowest BCUT2D eigenvalue weighted by Crippen LogP contribution is -2.05. The zero-order valence-electron chi connectivity index (χ0n) is 8.82. The number of benzene rings is 1. The van der Waals surface area contributed by atoms with Gasteiger partial charge in [0.05, 0.1) is 4.90 Å². The molecule has 0 fully saturated rings. The Balaban J connectivity index is 0.00000289. The van der Waals surface area contributed by atoms with Gasteiger partial charge in [-0.15, -0.1) is 0 Å². The van der Waals surface area contributed by atoms with Crippen LogP contribution in [0.5, 0.6) is 0 Å². The summed E-state index contributed by atoms with van der Waals surface area (Å²) in [5.74, 6) is -0.0103. The molecule has 0 atom stereocenters. The molecule has 0 aliphatic carbocycles. The maximum Gasteiger partial charge on any atom is 0.338 e. The van der Waals surface area contributed by atoms with Crippen molar-refractivity contribution in [1.82, 2.24) is 0 Å². The zero-order chi connectivity index (χ0) is 13.3. The minimum atomic E-state index is -4.34. The molecular weight excluding hydrogens is 293 g/mol. The molecule has 1 aromatic carbocycles. The van der Waals surface area contributed by atoms with Gasteiger partial charge < -0.3 is 4.18 Å². The highest BCUT2D eigenvalue weighted by Crippen LogP contribution is 2.17. The van der Waals surface area contributed by atoms with E-state index in [0.717, 1.165) is 24.3 Å². The lowest BCUT2D eigenvalue weighted by Gasteiger charge is -2.06. The quantitative estimate of drug-likeness (QED) is 0.371. The first-order chi connectivity index (χ1) is 7.63. The Morgan fingerprint density at radius 3 is 1.83 bits per heavy atom. The summed E-state index contributed by atoms with van der Waals surface area (Å²) in [5.41, 5.74) is 0. The van der Waals surface area contributed by atoms with E-state index >= 15 is 0 Å². The molecular formula is C9H12MgO6S2. The molecule has 0 saturated heterocycles. The Kier molecular flexibility index (Phi) is 5.81. The molecule has 0 radical (unpaired) electrons. The molecule has 0 spiro atoms. The van der Waals surface area contributed by atoms with Crippen LogP contribution >= 0.6 is 0 Å². The largest absolute Gasteiger partial charge is 0.384 e. The van der Waals surface area contributed by atoms with Crippen molar-refractivity contribution in [3.63, 3.8) is 0 Å². The van der Waals surface area contributed by atoms with Crippen LogP contribution in [0.15, 0.2) is 46.4 Å². The van der Waals surface area contributed by atoms with E-state index in [2.05, 4.69) is 10.8 Å². The van der Waals surface area contributed by atoms with E-state index in [1.165, 1.54) is 6.92 Å². The third-order valence-electron chi connectivity index (χ3n) is 1.66. The molecule has 0 amide bonds. The monoisotopic (exact) mass is 304 g/mol. The minimum Gasteiger partial charge on any atom is -0.384 e. The lowest BCUT2D eigenvalue weighted by atomic mass is 10.4. The van der Waals surface area contributed by atoms with E-state index < -0.39 is 25.1 Å². The summed E-state index contributed by atoms with van der Waals surface area (Å²) in [6.07, 6.45) is 0. The molecule has 18 heavy (non-hydrogen) atoms. The average molecular weight is 305 g/mol. The average Bonchev–Trinajstić information content (AvgIpc) is 2.14. The van der Waals surface area contributed by atoms with Crippen molar-refractivity contribution < 1.29 is 25.6 Å². The van der Waals surface area contributed by atoms with Gasteiger partial charge in [0.1, 0.15) is 10.7 Å². The van der Waals surface area contributed by atoms with Crippen molar-refractivity contribution in [2.45, 2.75) is 16.7 Å². The normalized spacial score (nSPS) is 11.4. The summed E-state index contributed by atoms with van der Waals surface area (Å²) in [7, 11) is -8.34. The van der Waals surface area contributed by atoms with Crippen molar-refractivity contribution in [3.8, 4) is 0 Å². The topological polar surface area (TPSA) is 97.7 Å². The van der Waals surface area contributed by atoms with Crippen LogP contribution in [0.3, 0.4) is 0 Å². The molecule has 6 nitrogen and oxygen atoms in total. The fraction of sp³-hybridized carbons (Fsp3) is 0.111. The SMILES string of the molecule is C=C(C)OS(=O)(=O)c1ccc(S(=O)(=O)O)cc1.[MgH2]. The number of allylic oxidation sites excluding steroid dienone is 1. The van der Waals surface area contributed by atoms with E-state index in [4.69, 9.17) is 4.55 Å². The van der Waals surface area contributed by atoms with Crippen LogP contribution in [0.25, 0.3) is 0 Å². The maximum absolute atomic E-state index is 11.5. The van der Waals surface area contributed by atoms with E-state index in [1.807, 2.05) is 0 Å². The zero-order valence-corrected chi connectivity index (χ0v) is 10.5. The highest BCUT2D eigenvalue weighted by Gasteiger charge is 2.17. The fourth-order valence-electron chi connectivity index (χ4n) is 1.01. The summed E-state index contributed by atoms with van der Waals surface area (Å²) in [6, 6.07) is 3.96. The summed E-state index contributed by atoms with van der Waals surface area (Å²) in [6.45, 7) is 4.65. The molecule has 98 valence electrons. The molecule has 0 aromatic heterocycles. The molecule has 0 bridgehead atoms. The molecule has 0 aliphatic rings. The smallest absolute Gasteiger partial charge is 0.338 e.